The second kappa shape index (κ2) is 10.1. The van der Waals surface area contributed by atoms with Gasteiger partial charge in [0.25, 0.3) is 0 Å². The maximum Gasteiger partial charge on any atom is 0.172 e. The van der Waals surface area contributed by atoms with E-state index >= 15 is 0 Å². The maximum absolute atomic E-state index is 6.46. The maximum atomic E-state index is 6.46. The van der Waals surface area contributed by atoms with E-state index in [0.29, 0.717) is 11.1 Å². The van der Waals surface area contributed by atoms with Crippen molar-refractivity contribution in [2.45, 2.75) is 18.9 Å². The number of piperidine rings is 1. The fourth-order valence-electron chi connectivity index (χ4n) is 4.22. The predicted molar refractivity (Wildman–Crippen MR) is 140 cm³/mol. The van der Waals surface area contributed by atoms with Gasteiger partial charge in [-0.2, -0.15) is 9.61 Å². The molecule has 5 rings (SSSR count). The summed E-state index contributed by atoms with van der Waals surface area (Å²) in [6.45, 7) is 3.10. The van der Waals surface area contributed by atoms with Gasteiger partial charge in [0.05, 0.1) is 16.4 Å². The normalized spacial score (nSPS) is 15.5. The van der Waals surface area contributed by atoms with Crippen LogP contribution in [-0.2, 0) is 0 Å². The first kappa shape index (κ1) is 22.1. The highest BCUT2D eigenvalue weighted by molar-refractivity contribution is 9.10. The minimum absolute atomic E-state index is 0.382. The van der Waals surface area contributed by atoms with Crippen LogP contribution in [0.5, 0.6) is 0 Å². The van der Waals surface area contributed by atoms with Crippen molar-refractivity contribution in [2.24, 2.45) is 0 Å². The van der Waals surface area contributed by atoms with Gasteiger partial charge in [-0.05, 0) is 40.4 Å². The Labute approximate surface area is 207 Å². The molecule has 3 heterocycles. The first-order chi connectivity index (χ1) is 16.2. The molecule has 0 radical (unpaired) electrons. The number of hydrogen-bond acceptors (Lipinski definition) is 4. The standard InChI is InChI=1S/C26H25BrClN5/c27-22-18-29-33-25(17-24(31-26(22)33)21-10-4-5-11-23(21)28)30-20-12-15-32(16-13-20)14-6-9-19-7-2-1-3-8-19/h1-11,17-18,20,30H,12-16H2/b9-6+. The fourth-order valence-corrected chi connectivity index (χ4v) is 4.80. The van der Waals surface area contributed by atoms with Gasteiger partial charge in [0, 0.05) is 42.3 Å². The molecule has 0 atom stereocenters. The van der Waals surface area contributed by atoms with Crippen LogP contribution in [-0.4, -0.2) is 45.2 Å². The molecular formula is C26H25BrClN5. The summed E-state index contributed by atoms with van der Waals surface area (Å²) in [4.78, 5) is 7.30. The van der Waals surface area contributed by atoms with Gasteiger partial charge in [-0.15, -0.1) is 0 Å². The molecule has 0 spiro atoms. The highest BCUT2D eigenvalue weighted by Gasteiger charge is 2.20. The zero-order chi connectivity index (χ0) is 22.6. The summed E-state index contributed by atoms with van der Waals surface area (Å²) in [5.41, 5.74) is 3.77. The van der Waals surface area contributed by atoms with Gasteiger partial charge in [0.1, 0.15) is 5.82 Å². The molecule has 0 unspecified atom stereocenters. The van der Waals surface area contributed by atoms with Crippen LogP contribution in [0.3, 0.4) is 0 Å². The minimum atomic E-state index is 0.382. The second-order valence-electron chi connectivity index (χ2n) is 8.27. The third-order valence-corrected chi connectivity index (χ3v) is 6.88. The van der Waals surface area contributed by atoms with Crippen LogP contribution in [0.4, 0.5) is 5.82 Å². The number of halogens is 2. The second-order valence-corrected chi connectivity index (χ2v) is 9.53. The molecule has 1 aliphatic rings. The summed E-state index contributed by atoms with van der Waals surface area (Å²) in [5, 5.41) is 8.93. The molecule has 4 aromatic rings. The summed E-state index contributed by atoms with van der Waals surface area (Å²) in [6.07, 6.45) is 8.39. The molecule has 168 valence electrons. The van der Waals surface area contributed by atoms with Crippen LogP contribution in [0, 0.1) is 0 Å². The van der Waals surface area contributed by atoms with Gasteiger partial charge in [-0.25, -0.2) is 4.98 Å². The SMILES string of the molecule is Clc1ccccc1-c1cc(NC2CCN(C/C=C/c3ccccc3)CC2)n2ncc(Br)c2n1. The highest BCUT2D eigenvalue weighted by Crippen LogP contribution is 2.31. The number of anilines is 1. The van der Waals surface area contributed by atoms with Gasteiger partial charge >= 0.3 is 0 Å². The number of nitrogens with one attached hydrogen (secondary N) is 1. The van der Waals surface area contributed by atoms with E-state index < -0.39 is 0 Å². The van der Waals surface area contributed by atoms with E-state index in [4.69, 9.17) is 16.6 Å². The van der Waals surface area contributed by atoms with Crippen LogP contribution in [0.15, 0.2) is 77.4 Å². The Kier molecular flexibility index (Phi) is 6.76. The lowest BCUT2D eigenvalue weighted by molar-refractivity contribution is 0.240. The van der Waals surface area contributed by atoms with Crippen LogP contribution in [0.1, 0.15) is 18.4 Å². The predicted octanol–water partition coefficient (Wildman–Crippen LogP) is 6.40. The lowest BCUT2D eigenvalue weighted by atomic mass is 10.0. The van der Waals surface area contributed by atoms with E-state index in [1.54, 1.807) is 6.20 Å². The number of rotatable bonds is 6. The van der Waals surface area contributed by atoms with E-state index in [1.807, 2.05) is 40.9 Å². The molecule has 1 saturated heterocycles. The van der Waals surface area contributed by atoms with Crippen molar-refractivity contribution in [1.29, 1.82) is 0 Å². The van der Waals surface area contributed by atoms with Crippen molar-refractivity contribution in [3.8, 4) is 11.3 Å². The Morgan fingerprint density at radius 1 is 1.06 bits per heavy atom. The van der Waals surface area contributed by atoms with Gasteiger partial charge < -0.3 is 5.32 Å². The summed E-state index contributed by atoms with van der Waals surface area (Å²) >= 11 is 10.0. The average molecular weight is 523 g/mol. The quantitative estimate of drug-likeness (QED) is 0.318. The van der Waals surface area contributed by atoms with Crippen molar-refractivity contribution in [1.82, 2.24) is 19.5 Å². The summed E-state index contributed by atoms with van der Waals surface area (Å²) < 4.78 is 2.72. The molecule has 1 N–H and O–H groups in total. The Balaban J connectivity index is 1.28. The Bertz CT molecular complexity index is 1260. The lowest BCUT2D eigenvalue weighted by Crippen LogP contribution is -2.39. The molecule has 2 aromatic heterocycles. The molecule has 7 heteroatoms. The monoisotopic (exact) mass is 521 g/mol. The molecule has 1 aliphatic heterocycles. The number of hydrogen-bond donors (Lipinski definition) is 1. The topological polar surface area (TPSA) is 45.5 Å². The summed E-state index contributed by atoms with van der Waals surface area (Å²) in [7, 11) is 0. The molecule has 5 nitrogen and oxygen atoms in total. The van der Waals surface area contributed by atoms with Crippen LogP contribution in [0.2, 0.25) is 5.02 Å². The van der Waals surface area contributed by atoms with Crippen molar-refractivity contribution in [3.63, 3.8) is 0 Å². The van der Waals surface area contributed by atoms with Crippen molar-refractivity contribution in [3.05, 3.63) is 88.0 Å². The number of nitrogens with zero attached hydrogens (tertiary/aromatic N) is 4. The third kappa shape index (κ3) is 5.13. The first-order valence-electron chi connectivity index (χ1n) is 11.2. The summed E-state index contributed by atoms with van der Waals surface area (Å²) in [6, 6.07) is 20.7. The van der Waals surface area contributed by atoms with Gasteiger partial charge in [-0.1, -0.05) is 72.3 Å². The number of fused-ring (bicyclic) bond motifs is 1. The smallest absolute Gasteiger partial charge is 0.172 e. The van der Waals surface area contributed by atoms with Crippen molar-refractivity contribution < 1.29 is 0 Å². The average Bonchev–Trinajstić information content (AvgIpc) is 3.22. The lowest BCUT2D eigenvalue weighted by Gasteiger charge is -2.32. The Morgan fingerprint density at radius 3 is 2.61 bits per heavy atom. The molecule has 1 fully saturated rings. The zero-order valence-corrected chi connectivity index (χ0v) is 20.5. The van der Waals surface area contributed by atoms with Gasteiger partial charge in [-0.3, -0.25) is 4.90 Å². The first-order valence-corrected chi connectivity index (χ1v) is 12.3. The largest absolute Gasteiger partial charge is 0.367 e. The molecule has 0 amide bonds. The Morgan fingerprint density at radius 2 is 1.82 bits per heavy atom. The minimum Gasteiger partial charge on any atom is -0.367 e. The number of aromatic nitrogens is 3. The van der Waals surface area contributed by atoms with Crippen LogP contribution < -0.4 is 5.32 Å². The van der Waals surface area contributed by atoms with Crippen LogP contribution in [0.25, 0.3) is 23.0 Å². The van der Waals surface area contributed by atoms with Gasteiger partial charge in [0.15, 0.2) is 5.65 Å². The Hall–Kier alpha value is -2.67. The van der Waals surface area contributed by atoms with E-state index in [-0.39, 0.29) is 0 Å². The number of likely N-dealkylation sites (tertiary alicyclic amines) is 1. The molecule has 0 bridgehead atoms. The number of benzene rings is 2. The molecule has 33 heavy (non-hydrogen) atoms. The molecule has 0 saturated carbocycles. The molecule has 0 aliphatic carbocycles. The third-order valence-electron chi connectivity index (χ3n) is 5.99. The summed E-state index contributed by atoms with van der Waals surface area (Å²) in [5.74, 6) is 0.933. The fraction of sp³-hybridized carbons (Fsp3) is 0.231. The van der Waals surface area contributed by atoms with E-state index in [0.717, 1.165) is 59.7 Å². The van der Waals surface area contributed by atoms with Crippen molar-refractivity contribution >= 4 is 45.1 Å². The van der Waals surface area contributed by atoms with Crippen molar-refractivity contribution in [2.75, 3.05) is 25.0 Å². The van der Waals surface area contributed by atoms with Gasteiger partial charge in [0.2, 0.25) is 0 Å². The zero-order valence-electron chi connectivity index (χ0n) is 18.2. The molecule has 2 aromatic carbocycles. The van der Waals surface area contributed by atoms with E-state index in [1.165, 1.54) is 5.56 Å². The highest BCUT2D eigenvalue weighted by atomic mass is 79.9. The van der Waals surface area contributed by atoms with Crippen LogP contribution >= 0.6 is 27.5 Å². The van der Waals surface area contributed by atoms with E-state index in [2.05, 4.69) is 67.7 Å². The molecular weight excluding hydrogens is 498 g/mol. The van der Waals surface area contributed by atoms with E-state index in [9.17, 15) is 0 Å².